The number of nitrogens with zero attached hydrogens (tertiary/aromatic N) is 3. The first-order valence-corrected chi connectivity index (χ1v) is 6.59. The molecule has 1 N–H and O–H groups in total. The van der Waals surface area contributed by atoms with Crippen molar-refractivity contribution in [2.45, 2.75) is 13.0 Å². The second-order valence-corrected chi connectivity index (χ2v) is 5.04. The van der Waals surface area contributed by atoms with Crippen molar-refractivity contribution in [2.24, 2.45) is 0 Å². The number of aromatic hydroxyl groups is 1. The van der Waals surface area contributed by atoms with Gasteiger partial charge in [0.1, 0.15) is 16.6 Å². The summed E-state index contributed by atoms with van der Waals surface area (Å²) in [7, 11) is 0. The molecule has 1 amide bonds. The van der Waals surface area contributed by atoms with E-state index in [1.165, 1.54) is 12.4 Å². The molecule has 20 heavy (non-hydrogen) atoms. The number of carbonyl (C=O) groups excluding carboxylic acids is 1. The lowest BCUT2D eigenvalue weighted by molar-refractivity contribution is 0.0728. The lowest BCUT2D eigenvalue weighted by Crippen LogP contribution is -2.36. The lowest BCUT2D eigenvalue weighted by atomic mass is 9.99. The van der Waals surface area contributed by atoms with Gasteiger partial charge >= 0.3 is 0 Å². The molecule has 1 aromatic carbocycles. The van der Waals surface area contributed by atoms with E-state index in [0.717, 1.165) is 17.5 Å². The summed E-state index contributed by atoms with van der Waals surface area (Å²) >= 11 is 5.66. The number of carbonyl (C=O) groups is 1. The molecule has 3 rings (SSSR count). The normalized spacial score (nSPS) is 13.9. The topological polar surface area (TPSA) is 66.3 Å². The minimum absolute atomic E-state index is 0.178. The monoisotopic (exact) mass is 289 g/mol. The van der Waals surface area contributed by atoms with Crippen molar-refractivity contribution >= 4 is 17.5 Å². The van der Waals surface area contributed by atoms with E-state index in [4.69, 9.17) is 11.6 Å². The summed E-state index contributed by atoms with van der Waals surface area (Å²) in [5.41, 5.74) is 2.40. The molecular formula is C14H12ClN3O2. The quantitative estimate of drug-likeness (QED) is 0.872. The van der Waals surface area contributed by atoms with Gasteiger partial charge in [0.2, 0.25) is 0 Å². The molecule has 1 aromatic heterocycles. The fourth-order valence-electron chi connectivity index (χ4n) is 2.30. The summed E-state index contributed by atoms with van der Waals surface area (Å²) in [4.78, 5) is 21.9. The fraction of sp³-hybridized carbons (Fsp3) is 0.214. The predicted molar refractivity (Wildman–Crippen MR) is 73.6 cm³/mol. The van der Waals surface area contributed by atoms with Crippen molar-refractivity contribution in [1.29, 1.82) is 0 Å². The molecule has 0 saturated carbocycles. The van der Waals surface area contributed by atoms with Crippen molar-refractivity contribution < 1.29 is 9.90 Å². The Morgan fingerprint density at radius 3 is 2.85 bits per heavy atom. The van der Waals surface area contributed by atoms with E-state index >= 15 is 0 Å². The second kappa shape index (κ2) is 5.09. The number of hydrogen-bond acceptors (Lipinski definition) is 4. The highest BCUT2D eigenvalue weighted by Gasteiger charge is 2.23. The van der Waals surface area contributed by atoms with Gasteiger partial charge in [0.15, 0.2) is 0 Å². The molecule has 2 aromatic rings. The van der Waals surface area contributed by atoms with Crippen LogP contribution in [0.1, 0.15) is 21.6 Å². The van der Waals surface area contributed by atoms with Gasteiger partial charge in [0.05, 0.1) is 12.4 Å². The highest BCUT2D eigenvalue weighted by Crippen LogP contribution is 2.23. The molecule has 0 unspecified atom stereocenters. The highest BCUT2D eigenvalue weighted by atomic mass is 35.5. The maximum absolute atomic E-state index is 12.3. The van der Waals surface area contributed by atoms with Gasteiger partial charge in [-0.1, -0.05) is 17.7 Å². The van der Waals surface area contributed by atoms with Crippen LogP contribution >= 0.6 is 11.6 Å². The van der Waals surface area contributed by atoms with E-state index in [-0.39, 0.29) is 22.5 Å². The molecule has 0 radical (unpaired) electrons. The van der Waals surface area contributed by atoms with Crippen LogP contribution in [0, 0.1) is 0 Å². The Balaban J connectivity index is 1.82. The van der Waals surface area contributed by atoms with Gasteiger partial charge in [-0.2, -0.15) is 0 Å². The largest absolute Gasteiger partial charge is 0.508 e. The van der Waals surface area contributed by atoms with Gasteiger partial charge in [-0.15, -0.1) is 0 Å². The van der Waals surface area contributed by atoms with E-state index in [2.05, 4.69) is 9.97 Å². The molecule has 102 valence electrons. The van der Waals surface area contributed by atoms with Crippen LogP contribution < -0.4 is 0 Å². The average molecular weight is 290 g/mol. The van der Waals surface area contributed by atoms with Crippen LogP contribution in [0.2, 0.25) is 5.15 Å². The SMILES string of the molecule is O=C(c1cnc(Cl)cn1)N1CCc2ccc(O)cc2C1. The third-order valence-corrected chi connectivity index (χ3v) is 3.52. The smallest absolute Gasteiger partial charge is 0.274 e. The Labute approximate surface area is 120 Å². The van der Waals surface area contributed by atoms with Crippen LogP contribution in [0.5, 0.6) is 5.75 Å². The van der Waals surface area contributed by atoms with Crippen molar-refractivity contribution in [3.8, 4) is 5.75 Å². The van der Waals surface area contributed by atoms with Crippen LogP contribution in [0.4, 0.5) is 0 Å². The third-order valence-electron chi connectivity index (χ3n) is 3.33. The number of amides is 1. The molecular weight excluding hydrogens is 278 g/mol. The average Bonchev–Trinajstić information content (AvgIpc) is 2.46. The zero-order valence-corrected chi connectivity index (χ0v) is 11.3. The highest BCUT2D eigenvalue weighted by molar-refractivity contribution is 6.29. The number of phenols is 1. The van der Waals surface area contributed by atoms with Gasteiger partial charge in [0.25, 0.3) is 5.91 Å². The van der Waals surface area contributed by atoms with Crippen LogP contribution in [0.25, 0.3) is 0 Å². The number of halogens is 1. The molecule has 0 bridgehead atoms. The Bertz CT molecular complexity index is 658. The molecule has 0 saturated heterocycles. The van der Waals surface area contributed by atoms with E-state index in [1.54, 1.807) is 17.0 Å². The van der Waals surface area contributed by atoms with Crippen molar-refractivity contribution in [1.82, 2.24) is 14.9 Å². The summed E-state index contributed by atoms with van der Waals surface area (Å²) in [6.07, 6.45) is 3.50. The maximum Gasteiger partial charge on any atom is 0.274 e. The minimum Gasteiger partial charge on any atom is -0.508 e. The first-order chi connectivity index (χ1) is 9.63. The van der Waals surface area contributed by atoms with Crippen LogP contribution in [0.15, 0.2) is 30.6 Å². The first-order valence-electron chi connectivity index (χ1n) is 6.21. The standard InChI is InChI=1S/C14H12ClN3O2/c15-13-7-16-12(6-17-13)14(20)18-4-3-9-1-2-11(19)5-10(9)8-18/h1-2,5-7,19H,3-4,8H2. The fourth-order valence-corrected chi connectivity index (χ4v) is 2.40. The van der Waals surface area contributed by atoms with Gasteiger partial charge < -0.3 is 10.0 Å². The minimum atomic E-state index is -0.178. The number of aromatic nitrogens is 2. The summed E-state index contributed by atoms with van der Waals surface area (Å²) in [6, 6.07) is 5.26. The molecule has 6 heteroatoms. The number of phenolic OH excluding ortho intramolecular Hbond substituents is 1. The molecule has 0 atom stereocenters. The molecule has 0 fully saturated rings. The Morgan fingerprint density at radius 1 is 1.25 bits per heavy atom. The van der Waals surface area contributed by atoms with Crippen molar-refractivity contribution in [3.63, 3.8) is 0 Å². The molecule has 1 aliphatic heterocycles. The van der Waals surface area contributed by atoms with E-state index in [1.807, 2.05) is 6.07 Å². The summed E-state index contributed by atoms with van der Waals surface area (Å²) in [5.74, 6) is 0.0347. The van der Waals surface area contributed by atoms with Crippen LogP contribution in [-0.4, -0.2) is 32.4 Å². The molecule has 0 aliphatic carbocycles. The summed E-state index contributed by atoms with van der Waals surface area (Å²) in [5, 5.41) is 9.78. The Hall–Kier alpha value is -2.14. The van der Waals surface area contributed by atoms with Crippen molar-refractivity contribution in [2.75, 3.05) is 6.54 Å². The Kier molecular flexibility index (Phi) is 3.28. The maximum atomic E-state index is 12.3. The summed E-state index contributed by atoms with van der Waals surface area (Å²) in [6.45, 7) is 1.09. The third kappa shape index (κ3) is 2.44. The molecule has 1 aliphatic rings. The number of fused-ring (bicyclic) bond motifs is 1. The van der Waals surface area contributed by atoms with Crippen LogP contribution in [0.3, 0.4) is 0 Å². The molecule has 0 spiro atoms. The molecule has 5 nitrogen and oxygen atoms in total. The van der Waals surface area contributed by atoms with Gasteiger partial charge in [-0.3, -0.25) is 4.79 Å². The van der Waals surface area contributed by atoms with E-state index in [9.17, 15) is 9.90 Å². The molecule has 2 heterocycles. The number of benzene rings is 1. The lowest BCUT2D eigenvalue weighted by Gasteiger charge is -2.28. The number of hydrogen-bond donors (Lipinski definition) is 1. The first kappa shape index (κ1) is 12.9. The predicted octanol–water partition coefficient (Wildman–Crippen LogP) is 2.03. The summed E-state index contributed by atoms with van der Waals surface area (Å²) < 4.78 is 0. The number of rotatable bonds is 1. The zero-order chi connectivity index (χ0) is 14.1. The van der Waals surface area contributed by atoms with Crippen molar-refractivity contribution in [3.05, 3.63) is 52.6 Å². The van der Waals surface area contributed by atoms with Gasteiger partial charge in [-0.25, -0.2) is 9.97 Å². The second-order valence-electron chi connectivity index (χ2n) is 4.65. The van der Waals surface area contributed by atoms with E-state index in [0.29, 0.717) is 13.1 Å². The van der Waals surface area contributed by atoms with Gasteiger partial charge in [0, 0.05) is 13.1 Å². The van der Waals surface area contributed by atoms with E-state index < -0.39 is 0 Å². The van der Waals surface area contributed by atoms with Crippen LogP contribution in [-0.2, 0) is 13.0 Å². The zero-order valence-electron chi connectivity index (χ0n) is 10.6. The van der Waals surface area contributed by atoms with Gasteiger partial charge in [-0.05, 0) is 29.7 Å². The Morgan fingerprint density at radius 2 is 2.10 bits per heavy atom.